The Morgan fingerprint density at radius 3 is 2.70 bits per heavy atom. The van der Waals surface area contributed by atoms with E-state index in [0.29, 0.717) is 15.0 Å². The van der Waals surface area contributed by atoms with E-state index in [1.807, 2.05) is 6.07 Å². The zero-order chi connectivity index (χ0) is 19.1. The summed E-state index contributed by atoms with van der Waals surface area (Å²) in [5.74, 6) is -1.63. The van der Waals surface area contributed by atoms with Gasteiger partial charge in [-0.05, 0) is 17.7 Å². The number of nitrogens with two attached hydrogens (primary N) is 1. The number of hydrogen-bond donors (Lipinski definition) is 1. The van der Waals surface area contributed by atoms with E-state index in [-0.39, 0.29) is 23.0 Å². The molecule has 0 saturated carbocycles. The third-order valence-electron chi connectivity index (χ3n) is 4.18. The van der Waals surface area contributed by atoms with E-state index in [2.05, 4.69) is 4.98 Å². The predicted molar refractivity (Wildman–Crippen MR) is 104 cm³/mol. The van der Waals surface area contributed by atoms with Crippen LogP contribution in [0.5, 0.6) is 0 Å². The van der Waals surface area contributed by atoms with Crippen molar-refractivity contribution in [2.24, 2.45) is 0 Å². The number of nitrogen functional groups attached to an aromatic ring is 1. The molecular formula is C19H12ClF2N3OS. The second kappa shape index (κ2) is 6.75. The maximum atomic E-state index is 14.6. The molecule has 0 fully saturated rings. The van der Waals surface area contributed by atoms with Crippen LogP contribution in [0.15, 0.2) is 53.6 Å². The Labute approximate surface area is 161 Å². The van der Waals surface area contributed by atoms with Crippen molar-refractivity contribution in [1.29, 1.82) is 0 Å². The summed E-state index contributed by atoms with van der Waals surface area (Å²) in [6.07, 6.45) is 3.00. The molecule has 136 valence electrons. The highest BCUT2D eigenvalue weighted by Gasteiger charge is 2.17. The lowest BCUT2D eigenvalue weighted by Crippen LogP contribution is -2.14. The maximum Gasteiger partial charge on any atom is 0.198 e. The van der Waals surface area contributed by atoms with Crippen molar-refractivity contribution in [3.63, 3.8) is 0 Å². The first-order valence-corrected chi connectivity index (χ1v) is 9.11. The first-order valence-electron chi connectivity index (χ1n) is 7.91. The average molecular weight is 404 g/mol. The molecule has 0 saturated heterocycles. The predicted octanol–water partition coefficient (Wildman–Crippen LogP) is 4.69. The summed E-state index contributed by atoms with van der Waals surface area (Å²) in [5.41, 5.74) is 6.21. The van der Waals surface area contributed by atoms with Crippen LogP contribution < -0.4 is 11.2 Å². The summed E-state index contributed by atoms with van der Waals surface area (Å²) in [6, 6.07) is 8.93. The number of nitrogens with zero attached hydrogens (tertiary/aromatic N) is 2. The lowest BCUT2D eigenvalue weighted by atomic mass is 10.1. The van der Waals surface area contributed by atoms with Gasteiger partial charge in [-0.25, -0.2) is 13.8 Å². The van der Waals surface area contributed by atoms with Gasteiger partial charge in [0.2, 0.25) is 0 Å². The molecule has 0 aliphatic carbocycles. The molecule has 0 atom stereocenters. The number of rotatable bonds is 3. The van der Waals surface area contributed by atoms with Crippen molar-refractivity contribution in [3.05, 3.63) is 81.2 Å². The van der Waals surface area contributed by atoms with Crippen molar-refractivity contribution >= 4 is 39.0 Å². The lowest BCUT2D eigenvalue weighted by Gasteiger charge is -2.15. The van der Waals surface area contributed by atoms with Crippen LogP contribution in [0.2, 0.25) is 5.02 Å². The van der Waals surface area contributed by atoms with Gasteiger partial charge in [0.25, 0.3) is 0 Å². The molecule has 0 aliphatic rings. The van der Waals surface area contributed by atoms with Crippen LogP contribution in [-0.4, -0.2) is 9.55 Å². The van der Waals surface area contributed by atoms with Gasteiger partial charge in [-0.15, -0.1) is 0 Å². The van der Waals surface area contributed by atoms with Crippen molar-refractivity contribution in [2.75, 3.05) is 5.73 Å². The molecule has 0 bridgehead atoms. The molecule has 4 nitrogen and oxygen atoms in total. The van der Waals surface area contributed by atoms with Gasteiger partial charge in [-0.3, -0.25) is 4.79 Å². The van der Waals surface area contributed by atoms with E-state index >= 15 is 0 Å². The van der Waals surface area contributed by atoms with Gasteiger partial charge in [-0.2, -0.15) is 0 Å². The monoisotopic (exact) mass is 403 g/mol. The van der Waals surface area contributed by atoms with Gasteiger partial charge >= 0.3 is 0 Å². The van der Waals surface area contributed by atoms with Crippen LogP contribution in [0.3, 0.4) is 0 Å². The minimum absolute atomic E-state index is 0.0163. The van der Waals surface area contributed by atoms with E-state index in [4.69, 9.17) is 17.3 Å². The van der Waals surface area contributed by atoms with Gasteiger partial charge in [0.1, 0.15) is 5.82 Å². The van der Waals surface area contributed by atoms with Crippen LogP contribution in [0.25, 0.3) is 21.3 Å². The molecule has 4 rings (SSSR count). The number of anilines is 1. The minimum Gasteiger partial charge on any atom is -0.375 e. The molecule has 0 radical (unpaired) electrons. The molecule has 0 aliphatic heterocycles. The normalized spacial score (nSPS) is 11.2. The van der Waals surface area contributed by atoms with E-state index in [1.165, 1.54) is 12.4 Å². The summed E-state index contributed by atoms with van der Waals surface area (Å²) < 4.78 is 29.9. The molecule has 2 heterocycles. The minimum atomic E-state index is -0.817. The third-order valence-corrected chi connectivity index (χ3v) is 5.41. The number of hydrogen-bond acceptors (Lipinski definition) is 4. The number of halogens is 3. The topological polar surface area (TPSA) is 60.9 Å². The third kappa shape index (κ3) is 3.20. The Morgan fingerprint density at radius 2 is 2.00 bits per heavy atom. The summed E-state index contributed by atoms with van der Waals surface area (Å²) in [7, 11) is 0. The number of benzene rings is 2. The highest BCUT2D eigenvalue weighted by molar-refractivity contribution is 7.18. The Bertz CT molecular complexity index is 1240. The maximum absolute atomic E-state index is 14.6. The van der Waals surface area contributed by atoms with Gasteiger partial charge in [-0.1, -0.05) is 41.1 Å². The summed E-state index contributed by atoms with van der Waals surface area (Å²) in [5, 5.41) is 0.757. The van der Waals surface area contributed by atoms with Crippen LogP contribution in [0, 0.1) is 11.6 Å². The molecule has 0 unspecified atom stereocenters. The van der Waals surface area contributed by atoms with Crippen LogP contribution >= 0.6 is 22.9 Å². The summed E-state index contributed by atoms with van der Waals surface area (Å²) in [6.45, 7) is 0.209. The van der Waals surface area contributed by atoms with Crippen molar-refractivity contribution < 1.29 is 8.78 Å². The molecule has 8 heteroatoms. The van der Waals surface area contributed by atoms with Crippen molar-refractivity contribution in [1.82, 2.24) is 9.55 Å². The van der Waals surface area contributed by atoms with Crippen LogP contribution in [0.4, 0.5) is 13.9 Å². The number of thiazole rings is 1. The fourth-order valence-corrected chi connectivity index (χ4v) is 3.86. The van der Waals surface area contributed by atoms with Crippen molar-refractivity contribution in [3.8, 4) is 10.4 Å². The molecule has 2 aromatic carbocycles. The Balaban J connectivity index is 2.03. The van der Waals surface area contributed by atoms with E-state index in [0.717, 1.165) is 29.0 Å². The first-order chi connectivity index (χ1) is 12.9. The quantitative estimate of drug-likeness (QED) is 0.540. The first kappa shape index (κ1) is 17.6. The number of fused-ring (bicyclic) bond motifs is 1. The zero-order valence-corrected chi connectivity index (χ0v) is 15.3. The van der Waals surface area contributed by atoms with E-state index < -0.39 is 17.1 Å². The molecule has 2 N–H and O–H groups in total. The summed E-state index contributed by atoms with van der Waals surface area (Å²) >= 11 is 7.36. The molecule has 0 amide bonds. The van der Waals surface area contributed by atoms with Gasteiger partial charge in [0.05, 0.1) is 21.3 Å². The molecule has 27 heavy (non-hydrogen) atoms. The fraction of sp³-hybridized carbons (Fsp3) is 0.0526. The van der Waals surface area contributed by atoms with E-state index in [1.54, 1.807) is 22.8 Å². The Morgan fingerprint density at radius 1 is 1.22 bits per heavy atom. The summed E-state index contributed by atoms with van der Waals surface area (Å²) in [4.78, 5) is 17.4. The van der Waals surface area contributed by atoms with Crippen LogP contribution in [-0.2, 0) is 6.54 Å². The Hall–Kier alpha value is -2.77. The van der Waals surface area contributed by atoms with Gasteiger partial charge < -0.3 is 10.3 Å². The smallest absolute Gasteiger partial charge is 0.198 e. The van der Waals surface area contributed by atoms with Crippen LogP contribution in [0.1, 0.15) is 5.56 Å². The second-order valence-corrected chi connectivity index (χ2v) is 7.41. The highest BCUT2D eigenvalue weighted by Crippen LogP contribution is 2.29. The lowest BCUT2D eigenvalue weighted by molar-refractivity contribution is 0.585. The highest BCUT2D eigenvalue weighted by atomic mass is 35.5. The van der Waals surface area contributed by atoms with Gasteiger partial charge in [0.15, 0.2) is 16.4 Å². The molecular weight excluding hydrogens is 392 g/mol. The Kier molecular flexibility index (Phi) is 4.41. The fourth-order valence-electron chi connectivity index (χ4n) is 2.98. The van der Waals surface area contributed by atoms with E-state index in [9.17, 15) is 13.6 Å². The average Bonchev–Trinajstić information content (AvgIpc) is 3.05. The molecule has 2 aromatic heterocycles. The number of pyridine rings is 1. The largest absolute Gasteiger partial charge is 0.375 e. The SMILES string of the molecule is Nc1ncc(-c2cn(Cc3ccccc3Cl)c3c(F)cc(F)cc3c2=O)s1. The van der Waals surface area contributed by atoms with Gasteiger partial charge in [0, 0.05) is 30.0 Å². The molecule has 4 aromatic rings. The number of aromatic nitrogens is 2. The van der Waals surface area contributed by atoms with Crippen molar-refractivity contribution in [2.45, 2.75) is 6.54 Å². The second-order valence-electron chi connectivity index (χ2n) is 5.94. The standard InChI is InChI=1S/C19H12ClF2N3OS/c20-14-4-2-1-3-10(14)8-25-9-13(16-7-24-19(23)27-16)18(26)12-5-11(21)6-15(22)17(12)25/h1-7,9H,8H2,(H2,23,24). The molecule has 0 spiro atoms. The zero-order valence-electron chi connectivity index (χ0n) is 13.7.